The lowest BCUT2D eigenvalue weighted by Crippen LogP contribution is -2.14. The van der Waals surface area contributed by atoms with Crippen molar-refractivity contribution in [2.24, 2.45) is 0 Å². The highest BCUT2D eigenvalue weighted by Crippen LogP contribution is 2.36. The number of halogens is 1. The lowest BCUT2D eigenvalue weighted by molar-refractivity contribution is 0.102. The normalized spacial score (nSPS) is 10.4. The van der Waals surface area contributed by atoms with Crippen LogP contribution >= 0.6 is 11.6 Å². The molecule has 0 saturated carbocycles. The number of nitrogens with one attached hydrogen (secondary N) is 1. The standard InChI is InChI=1S/C25H26ClNO5/c1-5-31-22-10-9-17(12-18(22)15-32-19-8-6-7-16(2)11-19)25(28)27-21-14-23(29-3)20(26)13-24(21)30-4/h6-14H,5,15H2,1-4H3,(H,27,28). The highest BCUT2D eigenvalue weighted by Gasteiger charge is 2.16. The Morgan fingerprint density at radius 2 is 1.72 bits per heavy atom. The molecule has 3 aromatic carbocycles. The lowest BCUT2D eigenvalue weighted by Gasteiger charge is -2.15. The summed E-state index contributed by atoms with van der Waals surface area (Å²) in [5, 5.41) is 3.24. The van der Waals surface area contributed by atoms with E-state index in [9.17, 15) is 4.79 Å². The second kappa shape index (κ2) is 10.8. The minimum Gasteiger partial charge on any atom is -0.495 e. The Bertz CT molecular complexity index is 1100. The van der Waals surface area contributed by atoms with Gasteiger partial charge in [0.2, 0.25) is 0 Å². The van der Waals surface area contributed by atoms with Gasteiger partial charge in [-0.3, -0.25) is 4.79 Å². The second-order valence-corrected chi connectivity index (χ2v) is 7.41. The van der Waals surface area contributed by atoms with Gasteiger partial charge in [-0.05, 0) is 49.7 Å². The van der Waals surface area contributed by atoms with E-state index >= 15 is 0 Å². The Hall–Kier alpha value is -3.38. The zero-order valence-electron chi connectivity index (χ0n) is 18.5. The largest absolute Gasteiger partial charge is 0.495 e. The molecule has 0 aliphatic heterocycles. The lowest BCUT2D eigenvalue weighted by atomic mass is 10.1. The molecule has 1 N–H and O–H groups in total. The SMILES string of the molecule is CCOc1ccc(C(=O)Nc2cc(OC)c(Cl)cc2OC)cc1COc1cccc(C)c1. The maximum atomic E-state index is 13.0. The smallest absolute Gasteiger partial charge is 0.255 e. The van der Waals surface area contributed by atoms with E-state index in [2.05, 4.69) is 5.32 Å². The van der Waals surface area contributed by atoms with Gasteiger partial charge in [-0.25, -0.2) is 0 Å². The number of methoxy groups -OCH3 is 2. The third-order valence-corrected chi connectivity index (χ3v) is 5.02. The van der Waals surface area contributed by atoms with Gasteiger partial charge in [0.15, 0.2) is 0 Å². The van der Waals surface area contributed by atoms with Crippen LogP contribution in [0.4, 0.5) is 5.69 Å². The first kappa shape index (κ1) is 23.3. The molecule has 7 heteroatoms. The molecule has 0 bridgehead atoms. The summed E-state index contributed by atoms with van der Waals surface area (Å²) in [6, 6.07) is 16.2. The van der Waals surface area contributed by atoms with Gasteiger partial charge in [-0.1, -0.05) is 23.7 Å². The molecule has 0 spiro atoms. The van der Waals surface area contributed by atoms with Crippen LogP contribution in [0.15, 0.2) is 54.6 Å². The molecule has 168 valence electrons. The summed E-state index contributed by atoms with van der Waals surface area (Å²) in [5.74, 6) is 1.97. The molecule has 0 heterocycles. The van der Waals surface area contributed by atoms with Crippen LogP contribution in [0.25, 0.3) is 0 Å². The van der Waals surface area contributed by atoms with E-state index in [0.717, 1.165) is 16.9 Å². The highest BCUT2D eigenvalue weighted by atomic mass is 35.5. The van der Waals surface area contributed by atoms with Crippen molar-refractivity contribution in [1.82, 2.24) is 0 Å². The highest BCUT2D eigenvalue weighted by molar-refractivity contribution is 6.32. The number of anilines is 1. The van der Waals surface area contributed by atoms with Crippen LogP contribution < -0.4 is 24.3 Å². The minimum absolute atomic E-state index is 0.262. The first-order valence-electron chi connectivity index (χ1n) is 10.1. The van der Waals surface area contributed by atoms with Gasteiger partial charge in [0, 0.05) is 23.3 Å². The van der Waals surface area contributed by atoms with Gasteiger partial charge < -0.3 is 24.3 Å². The molecule has 6 nitrogen and oxygen atoms in total. The van der Waals surface area contributed by atoms with E-state index in [1.54, 1.807) is 30.3 Å². The average Bonchev–Trinajstić information content (AvgIpc) is 2.79. The van der Waals surface area contributed by atoms with Crippen molar-refractivity contribution in [3.63, 3.8) is 0 Å². The van der Waals surface area contributed by atoms with Crippen molar-refractivity contribution in [2.75, 3.05) is 26.1 Å². The third kappa shape index (κ3) is 5.65. The monoisotopic (exact) mass is 455 g/mol. The fourth-order valence-corrected chi connectivity index (χ4v) is 3.38. The molecule has 0 aromatic heterocycles. The Morgan fingerprint density at radius 3 is 2.41 bits per heavy atom. The summed E-state index contributed by atoms with van der Waals surface area (Å²) in [6.45, 7) is 4.68. The molecule has 0 saturated heterocycles. The number of benzene rings is 3. The van der Waals surface area contributed by atoms with E-state index in [-0.39, 0.29) is 12.5 Å². The van der Waals surface area contributed by atoms with Crippen molar-refractivity contribution in [3.05, 3.63) is 76.3 Å². The van der Waals surface area contributed by atoms with E-state index in [1.807, 2.05) is 38.1 Å². The van der Waals surface area contributed by atoms with E-state index < -0.39 is 0 Å². The zero-order chi connectivity index (χ0) is 23.1. The number of ether oxygens (including phenoxy) is 4. The molecule has 3 rings (SSSR count). The molecule has 0 aliphatic rings. The number of hydrogen-bond acceptors (Lipinski definition) is 5. The van der Waals surface area contributed by atoms with Crippen LogP contribution in [-0.4, -0.2) is 26.7 Å². The number of carbonyl (C=O) groups excluding carboxylic acids is 1. The number of aryl methyl sites for hydroxylation is 1. The van der Waals surface area contributed by atoms with Crippen LogP contribution in [0.1, 0.15) is 28.4 Å². The van der Waals surface area contributed by atoms with E-state index in [0.29, 0.717) is 40.1 Å². The van der Waals surface area contributed by atoms with Crippen LogP contribution in [-0.2, 0) is 6.61 Å². The first-order valence-corrected chi connectivity index (χ1v) is 10.5. The summed E-state index contributed by atoms with van der Waals surface area (Å²) >= 11 is 6.15. The minimum atomic E-state index is -0.312. The van der Waals surface area contributed by atoms with Crippen molar-refractivity contribution < 1.29 is 23.7 Å². The van der Waals surface area contributed by atoms with E-state index in [1.165, 1.54) is 14.2 Å². The summed E-state index contributed by atoms with van der Waals surface area (Å²) < 4.78 is 22.2. The molecule has 3 aromatic rings. The third-order valence-electron chi connectivity index (χ3n) is 4.73. The molecule has 0 fully saturated rings. The van der Waals surface area contributed by atoms with E-state index in [4.69, 9.17) is 30.5 Å². The Labute approximate surface area is 193 Å². The van der Waals surface area contributed by atoms with Crippen LogP contribution in [0.3, 0.4) is 0 Å². The average molecular weight is 456 g/mol. The van der Waals surface area contributed by atoms with Gasteiger partial charge in [-0.15, -0.1) is 0 Å². The fourth-order valence-electron chi connectivity index (χ4n) is 3.15. The summed E-state index contributed by atoms with van der Waals surface area (Å²) in [7, 11) is 3.01. The number of amides is 1. The Morgan fingerprint density at radius 1 is 0.938 bits per heavy atom. The second-order valence-electron chi connectivity index (χ2n) is 7.00. The molecular formula is C25H26ClNO5. The maximum absolute atomic E-state index is 13.0. The van der Waals surface area contributed by atoms with Gasteiger partial charge >= 0.3 is 0 Å². The van der Waals surface area contributed by atoms with Gasteiger partial charge in [0.25, 0.3) is 5.91 Å². The Balaban J connectivity index is 1.84. The predicted molar refractivity (Wildman–Crippen MR) is 126 cm³/mol. The van der Waals surface area contributed by atoms with Crippen molar-refractivity contribution in [1.29, 1.82) is 0 Å². The van der Waals surface area contributed by atoms with Gasteiger partial charge in [0.1, 0.15) is 29.6 Å². The molecule has 32 heavy (non-hydrogen) atoms. The summed E-state index contributed by atoms with van der Waals surface area (Å²) in [6.07, 6.45) is 0. The van der Waals surface area contributed by atoms with Crippen LogP contribution in [0.5, 0.6) is 23.0 Å². The van der Waals surface area contributed by atoms with Crippen LogP contribution in [0.2, 0.25) is 5.02 Å². The topological polar surface area (TPSA) is 66.0 Å². The summed E-state index contributed by atoms with van der Waals surface area (Å²) in [4.78, 5) is 13.0. The maximum Gasteiger partial charge on any atom is 0.255 e. The molecule has 1 amide bonds. The van der Waals surface area contributed by atoms with Crippen molar-refractivity contribution in [3.8, 4) is 23.0 Å². The Kier molecular flexibility index (Phi) is 7.84. The van der Waals surface area contributed by atoms with Gasteiger partial charge in [0.05, 0.1) is 31.5 Å². The number of hydrogen-bond donors (Lipinski definition) is 1. The number of carbonyl (C=O) groups is 1. The fraction of sp³-hybridized carbons (Fsp3) is 0.240. The quantitative estimate of drug-likeness (QED) is 0.435. The molecule has 0 radical (unpaired) electrons. The molecular weight excluding hydrogens is 430 g/mol. The van der Waals surface area contributed by atoms with Gasteiger partial charge in [-0.2, -0.15) is 0 Å². The number of rotatable bonds is 9. The molecule has 0 aliphatic carbocycles. The van der Waals surface area contributed by atoms with Crippen LogP contribution in [0, 0.1) is 6.92 Å². The predicted octanol–water partition coefficient (Wildman–Crippen LogP) is 5.90. The van der Waals surface area contributed by atoms with Crippen molar-refractivity contribution >= 4 is 23.2 Å². The zero-order valence-corrected chi connectivity index (χ0v) is 19.3. The first-order chi connectivity index (χ1) is 15.4. The van der Waals surface area contributed by atoms with Crippen molar-refractivity contribution in [2.45, 2.75) is 20.5 Å². The molecule has 0 atom stereocenters. The summed E-state index contributed by atoms with van der Waals surface area (Å²) in [5.41, 5.74) is 2.77. The molecule has 0 unspecified atom stereocenters.